The third-order valence-electron chi connectivity index (χ3n) is 2.68. The highest BCUT2D eigenvalue weighted by molar-refractivity contribution is 6.32. The summed E-state index contributed by atoms with van der Waals surface area (Å²) < 4.78 is 1.95. The molecule has 0 radical (unpaired) electrons. The van der Waals surface area contributed by atoms with E-state index in [1.807, 2.05) is 30.1 Å². The Balaban J connectivity index is 2.35. The van der Waals surface area contributed by atoms with Crippen molar-refractivity contribution >= 4 is 11.6 Å². The van der Waals surface area contributed by atoms with Crippen LogP contribution < -0.4 is 5.32 Å². The van der Waals surface area contributed by atoms with Gasteiger partial charge < -0.3 is 5.32 Å². The van der Waals surface area contributed by atoms with Gasteiger partial charge in [-0.3, -0.25) is 4.57 Å². The average Bonchev–Trinajstić information content (AvgIpc) is 2.78. The summed E-state index contributed by atoms with van der Waals surface area (Å²) in [6.07, 6.45) is 7.49. The van der Waals surface area contributed by atoms with Crippen molar-refractivity contribution in [1.82, 2.24) is 19.9 Å². The van der Waals surface area contributed by atoms with Crippen LogP contribution in [0.25, 0.3) is 5.82 Å². The lowest BCUT2D eigenvalue weighted by Gasteiger charge is -2.09. The molecular formula is C13H17ClN4. The number of hydrogen-bond donors (Lipinski definition) is 1. The Bertz CT molecular complexity index is 521. The van der Waals surface area contributed by atoms with Gasteiger partial charge in [-0.15, -0.1) is 0 Å². The van der Waals surface area contributed by atoms with E-state index < -0.39 is 0 Å². The fourth-order valence-electron chi connectivity index (χ4n) is 1.88. The minimum absolute atomic E-state index is 0.651. The first kappa shape index (κ1) is 13.1. The normalized spacial score (nSPS) is 10.8. The number of pyridine rings is 1. The Hall–Kier alpha value is -1.39. The summed E-state index contributed by atoms with van der Waals surface area (Å²) in [7, 11) is 1.90. The lowest BCUT2D eigenvalue weighted by molar-refractivity contribution is 0.789. The van der Waals surface area contributed by atoms with Crippen LogP contribution in [0, 0.1) is 0 Å². The van der Waals surface area contributed by atoms with E-state index >= 15 is 0 Å². The van der Waals surface area contributed by atoms with Gasteiger partial charge in [0.05, 0.1) is 5.02 Å². The van der Waals surface area contributed by atoms with E-state index in [-0.39, 0.29) is 0 Å². The van der Waals surface area contributed by atoms with Crippen molar-refractivity contribution in [2.75, 3.05) is 7.05 Å². The highest BCUT2D eigenvalue weighted by Crippen LogP contribution is 2.21. The molecule has 0 amide bonds. The zero-order valence-corrected chi connectivity index (χ0v) is 11.4. The summed E-state index contributed by atoms with van der Waals surface area (Å²) in [4.78, 5) is 8.77. The molecule has 2 heterocycles. The predicted octanol–water partition coefficient (Wildman–Crippen LogP) is 2.59. The van der Waals surface area contributed by atoms with Gasteiger partial charge in [0, 0.05) is 31.6 Å². The van der Waals surface area contributed by atoms with E-state index in [1.54, 1.807) is 6.20 Å². The molecule has 0 aromatic carbocycles. The summed E-state index contributed by atoms with van der Waals surface area (Å²) in [5.41, 5.74) is 1.07. The SMILES string of the molecule is CCCc1nccn1-c1ncc(CNC)cc1Cl. The molecule has 2 aromatic heterocycles. The Morgan fingerprint density at radius 1 is 1.39 bits per heavy atom. The number of halogens is 1. The topological polar surface area (TPSA) is 42.7 Å². The maximum absolute atomic E-state index is 6.29. The van der Waals surface area contributed by atoms with Gasteiger partial charge in [0.25, 0.3) is 0 Å². The maximum Gasteiger partial charge on any atom is 0.156 e. The first-order valence-corrected chi connectivity index (χ1v) is 6.45. The average molecular weight is 265 g/mol. The fraction of sp³-hybridized carbons (Fsp3) is 0.385. The first-order valence-electron chi connectivity index (χ1n) is 6.08. The maximum atomic E-state index is 6.29. The van der Waals surface area contributed by atoms with E-state index in [1.165, 1.54) is 0 Å². The molecule has 2 aromatic rings. The minimum atomic E-state index is 0.651. The lowest BCUT2D eigenvalue weighted by Crippen LogP contribution is -2.08. The van der Waals surface area contributed by atoms with Gasteiger partial charge in [0.2, 0.25) is 0 Å². The van der Waals surface area contributed by atoms with Crippen molar-refractivity contribution < 1.29 is 0 Å². The van der Waals surface area contributed by atoms with Gasteiger partial charge in [-0.05, 0) is 25.1 Å². The molecule has 0 unspecified atom stereocenters. The van der Waals surface area contributed by atoms with Crippen LogP contribution in [0.15, 0.2) is 24.7 Å². The number of hydrogen-bond acceptors (Lipinski definition) is 3. The van der Waals surface area contributed by atoms with Crippen molar-refractivity contribution in [3.63, 3.8) is 0 Å². The zero-order valence-electron chi connectivity index (χ0n) is 10.7. The van der Waals surface area contributed by atoms with E-state index in [2.05, 4.69) is 22.2 Å². The Morgan fingerprint density at radius 3 is 2.89 bits per heavy atom. The van der Waals surface area contributed by atoms with Crippen LogP contribution in [0.1, 0.15) is 24.7 Å². The molecule has 0 aliphatic rings. The van der Waals surface area contributed by atoms with Gasteiger partial charge in [-0.1, -0.05) is 18.5 Å². The van der Waals surface area contributed by atoms with E-state index in [0.717, 1.165) is 36.6 Å². The molecule has 0 bridgehead atoms. The summed E-state index contributed by atoms with van der Waals surface area (Å²) in [5, 5.41) is 3.73. The third kappa shape index (κ3) is 2.71. The van der Waals surface area contributed by atoms with Gasteiger partial charge in [-0.2, -0.15) is 0 Å². The Kier molecular flexibility index (Phi) is 4.33. The van der Waals surface area contributed by atoms with Crippen molar-refractivity contribution in [2.45, 2.75) is 26.3 Å². The van der Waals surface area contributed by atoms with Crippen LogP contribution in [-0.2, 0) is 13.0 Å². The lowest BCUT2D eigenvalue weighted by atomic mass is 10.2. The highest BCUT2D eigenvalue weighted by Gasteiger charge is 2.09. The fourth-order valence-corrected chi connectivity index (χ4v) is 2.16. The Morgan fingerprint density at radius 2 is 2.22 bits per heavy atom. The molecule has 18 heavy (non-hydrogen) atoms. The summed E-state index contributed by atoms with van der Waals surface area (Å²) in [6.45, 7) is 2.89. The van der Waals surface area contributed by atoms with Crippen LogP contribution in [-0.4, -0.2) is 21.6 Å². The minimum Gasteiger partial charge on any atom is -0.316 e. The number of rotatable bonds is 5. The third-order valence-corrected chi connectivity index (χ3v) is 2.96. The molecule has 4 nitrogen and oxygen atoms in total. The van der Waals surface area contributed by atoms with Crippen LogP contribution in [0.3, 0.4) is 0 Å². The number of imidazole rings is 1. The number of aromatic nitrogens is 3. The number of nitrogens with zero attached hydrogens (tertiary/aromatic N) is 3. The quantitative estimate of drug-likeness (QED) is 0.903. The molecule has 0 fully saturated rings. The molecular weight excluding hydrogens is 248 g/mol. The summed E-state index contributed by atoms with van der Waals surface area (Å²) >= 11 is 6.29. The molecule has 0 aliphatic carbocycles. The van der Waals surface area contributed by atoms with Crippen LogP contribution in [0.4, 0.5) is 0 Å². The van der Waals surface area contributed by atoms with Gasteiger partial charge in [0.15, 0.2) is 5.82 Å². The number of nitrogens with one attached hydrogen (secondary N) is 1. The molecule has 5 heteroatoms. The van der Waals surface area contributed by atoms with Crippen molar-refractivity contribution in [3.8, 4) is 5.82 Å². The molecule has 0 aliphatic heterocycles. The molecule has 0 atom stereocenters. The second-order valence-electron chi connectivity index (χ2n) is 4.14. The van der Waals surface area contributed by atoms with E-state index in [9.17, 15) is 0 Å². The van der Waals surface area contributed by atoms with Crippen molar-refractivity contribution in [3.05, 3.63) is 41.1 Å². The van der Waals surface area contributed by atoms with Crippen LogP contribution in [0.2, 0.25) is 5.02 Å². The molecule has 0 saturated carbocycles. The summed E-state index contributed by atoms with van der Waals surface area (Å²) in [5.74, 6) is 1.74. The smallest absolute Gasteiger partial charge is 0.156 e. The van der Waals surface area contributed by atoms with Crippen LogP contribution in [0.5, 0.6) is 0 Å². The van der Waals surface area contributed by atoms with Gasteiger partial charge in [-0.25, -0.2) is 9.97 Å². The summed E-state index contributed by atoms with van der Waals surface area (Å²) in [6, 6.07) is 1.94. The largest absolute Gasteiger partial charge is 0.316 e. The monoisotopic (exact) mass is 264 g/mol. The highest BCUT2D eigenvalue weighted by atomic mass is 35.5. The molecule has 96 valence electrons. The molecule has 0 spiro atoms. The second kappa shape index (κ2) is 5.98. The van der Waals surface area contributed by atoms with E-state index in [0.29, 0.717) is 5.02 Å². The zero-order chi connectivity index (χ0) is 13.0. The Labute approximate surface area is 112 Å². The van der Waals surface area contributed by atoms with Crippen molar-refractivity contribution in [2.24, 2.45) is 0 Å². The standard InChI is InChI=1S/C13H17ClN4/c1-3-4-12-16-5-6-18(12)13-11(14)7-10(8-15-2)9-17-13/h5-7,9,15H,3-4,8H2,1-2H3. The molecule has 2 rings (SSSR count). The predicted molar refractivity (Wildman–Crippen MR) is 73.1 cm³/mol. The van der Waals surface area contributed by atoms with E-state index in [4.69, 9.17) is 11.6 Å². The first-order chi connectivity index (χ1) is 8.76. The van der Waals surface area contributed by atoms with Gasteiger partial charge >= 0.3 is 0 Å². The molecule has 1 N–H and O–H groups in total. The molecule has 0 saturated heterocycles. The number of aryl methyl sites for hydroxylation is 1. The van der Waals surface area contributed by atoms with Crippen molar-refractivity contribution in [1.29, 1.82) is 0 Å². The van der Waals surface area contributed by atoms with Crippen LogP contribution >= 0.6 is 11.6 Å². The van der Waals surface area contributed by atoms with Gasteiger partial charge in [0.1, 0.15) is 5.82 Å². The second-order valence-corrected chi connectivity index (χ2v) is 4.55.